The summed E-state index contributed by atoms with van der Waals surface area (Å²) in [5.41, 5.74) is 0. The fourth-order valence-corrected chi connectivity index (χ4v) is 1.05. The highest BCUT2D eigenvalue weighted by Crippen LogP contribution is 1.89. The number of hydrogen-bond acceptors (Lipinski definition) is 3. The smallest absolute Gasteiger partial charge is 0.0589 e. The van der Waals surface area contributed by atoms with E-state index in [1.807, 2.05) is 0 Å². The number of ether oxygens (including phenoxy) is 1. The van der Waals surface area contributed by atoms with Gasteiger partial charge in [-0.15, -0.1) is 0 Å². The van der Waals surface area contributed by atoms with E-state index in [1.54, 1.807) is 7.11 Å². The zero-order valence-electron chi connectivity index (χ0n) is 7.99. The highest BCUT2D eigenvalue weighted by Gasteiger charge is 1.97. The van der Waals surface area contributed by atoms with Crippen LogP contribution < -0.4 is 0 Å². The molecule has 0 aliphatic carbocycles. The Morgan fingerprint density at radius 1 is 1.42 bits per heavy atom. The monoisotopic (exact) mass is 189 g/mol. The van der Waals surface area contributed by atoms with Crippen LogP contribution in [0.5, 0.6) is 0 Å². The fraction of sp³-hybridized carbons (Fsp3) is 0.778. The van der Waals surface area contributed by atoms with Gasteiger partial charge in [-0.3, -0.25) is 4.90 Å². The van der Waals surface area contributed by atoms with E-state index in [-0.39, 0.29) is 0 Å². The van der Waals surface area contributed by atoms with Crippen LogP contribution in [0.3, 0.4) is 0 Å². The molecule has 2 nitrogen and oxygen atoms in total. The summed E-state index contributed by atoms with van der Waals surface area (Å²) < 4.78 is 5.00. The Bertz CT molecular complexity index is 117. The summed E-state index contributed by atoms with van der Waals surface area (Å²) in [6.45, 7) is 6.04. The van der Waals surface area contributed by atoms with Crippen LogP contribution in [0.4, 0.5) is 0 Å². The van der Waals surface area contributed by atoms with Gasteiger partial charge in [-0.2, -0.15) is 12.6 Å². The average molecular weight is 189 g/mol. The second-order valence-electron chi connectivity index (χ2n) is 2.54. The van der Waals surface area contributed by atoms with Gasteiger partial charge >= 0.3 is 0 Å². The van der Waals surface area contributed by atoms with Gasteiger partial charge in [-0.25, -0.2) is 0 Å². The molecule has 0 bridgehead atoms. The minimum Gasteiger partial charge on any atom is -0.383 e. The van der Waals surface area contributed by atoms with Gasteiger partial charge in [-0.05, 0) is 6.54 Å². The molecular weight excluding hydrogens is 170 g/mol. The van der Waals surface area contributed by atoms with E-state index in [1.165, 1.54) is 0 Å². The van der Waals surface area contributed by atoms with Gasteiger partial charge in [0.1, 0.15) is 0 Å². The molecule has 0 rings (SSSR count). The first kappa shape index (κ1) is 12.0. The molecule has 0 radical (unpaired) electrons. The van der Waals surface area contributed by atoms with Crippen LogP contribution in [0.1, 0.15) is 6.92 Å². The van der Waals surface area contributed by atoms with Gasteiger partial charge in [0, 0.05) is 26.0 Å². The van der Waals surface area contributed by atoms with E-state index in [0.29, 0.717) is 0 Å². The summed E-state index contributed by atoms with van der Waals surface area (Å²) in [7, 11) is 1.73. The third-order valence-electron chi connectivity index (χ3n) is 1.69. The first-order chi connectivity index (χ1) is 5.85. The second kappa shape index (κ2) is 9.10. The van der Waals surface area contributed by atoms with Crippen molar-refractivity contribution in [1.29, 1.82) is 0 Å². The van der Waals surface area contributed by atoms with Crippen molar-refractivity contribution in [2.24, 2.45) is 0 Å². The van der Waals surface area contributed by atoms with E-state index in [4.69, 9.17) is 4.74 Å². The number of thiol groups is 1. The van der Waals surface area contributed by atoms with Crippen LogP contribution in [0.25, 0.3) is 0 Å². The van der Waals surface area contributed by atoms with E-state index < -0.39 is 0 Å². The number of hydrogen-bond donors (Lipinski definition) is 1. The Kier molecular flexibility index (Phi) is 9.11. The molecule has 0 fully saturated rings. The van der Waals surface area contributed by atoms with Crippen molar-refractivity contribution >= 4 is 12.6 Å². The largest absolute Gasteiger partial charge is 0.383 e. The zero-order chi connectivity index (χ0) is 9.23. The standard InChI is InChI=1S/C9H19NOS/c1-3-10(7-8-11-2)6-4-5-9-12/h4-5,12H,3,6-9H2,1-2H3. The molecular formula is C9H19NOS. The predicted molar refractivity (Wildman–Crippen MR) is 57.0 cm³/mol. The third kappa shape index (κ3) is 6.70. The summed E-state index contributed by atoms with van der Waals surface area (Å²) in [6.07, 6.45) is 4.21. The zero-order valence-corrected chi connectivity index (χ0v) is 8.89. The maximum absolute atomic E-state index is 5.00. The number of methoxy groups -OCH3 is 1. The summed E-state index contributed by atoms with van der Waals surface area (Å²) >= 11 is 4.09. The number of rotatable bonds is 7. The lowest BCUT2D eigenvalue weighted by Crippen LogP contribution is -2.27. The van der Waals surface area contributed by atoms with Crippen LogP contribution >= 0.6 is 12.6 Å². The molecule has 72 valence electrons. The topological polar surface area (TPSA) is 12.5 Å². The van der Waals surface area contributed by atoms with Crippen molar-refractivity contribution < 1.29 is 4.74 Å². The van der Waals surface area contributed by atoms with Crippen molar-refractivity contribution in [3.05, 3.63) is 12.2 Å². The van der Waals surface area contributed by atoms with Crippen molar-refractivity contribution in [2.75, 3.05) is 39.1 Å². The maximum atomic E-state index is 5.00. The van der Waals surface area contributed by atoms with Crippen LogP contribution in [0.2, 0.25) is 0 Å². The van der Waals surface area contributed by atoms with Crippen LogP contribution in [0.15, 0.2) is 12.2 Å². The molecule has 12 heavy (non-hydrogen) atoms. The molecule has 0 N–H and O–H groups in total. The van der Waals surface area contributed by atoms with Crippen molar-refractivity contribution in [1.82, 2.24) is 4.90 Å². The minimum atomic E-state index is 0.808. The molecule has 0 atom stereocenters. The Morgan fingerprint density at radius 2 is 2.17 bits per heavy atom. The van der Waals surface area contributed by atoms with Crippen LogP contribution in [-0.2, 0) is 4.74 Å². The number of nitrogens with zero attached hydrogens (tertiary/aromatic N) is 1. The Morgan fingerprint density at radius 3 is 2.67 bits per heavy atom. The highest BCUT2D eigenvalue weighted by molar-refractivity contribution is 7.80. The lowest BCUT2D eigenvalue weighted by Gasteiger charge is -2.17. The predicted octanol–water partition coefficient (Wildman–Crippen LogP) is 1.44. The lowest BCUT2D eigenvalue weighted by atomic mass is 10.4. The lowest BCUT2D eigenvalue weighted by molar-refractivity contribution is 0.157. The van der Waals surface area contributed by atoms with Crippen molar-refractivity contribution in [3.8, 4) is 0 Å². The van der Waals surface area contributed by atoms with Crippen LogP contribution in [-0.4, -0.2) is 44.0 Å². The quantitative estimate of drug-likeness (QED) is 0.480. The van der Waals surface area contributed by atoms with Gasteiger partial charge in [0.2, 0.25) is 0 Å². The first-order valence-corrected chi connectivity index (χ1v) is 4.95. The summed E-state index contributed by atoms with van der Waals surface area (Å²) in [5, 5.41) is 0. The third-order valence-corrected chi connectivity index (χ3v) is 1.91. The van der Waals surface area contributed by atoms with Crippen molar-refractivity contribution in [3.63, 3.8) is 0 Å². The fourth-order valence-electron chi connectivity index (χ4n) is 0.897. The summed E-state index contributed by atoms with van der Waals surface area (Å²) in [5.74, 6) is 0.821. The van der Waals surface area contributed by atoms with E-state index in [0.717, 1.165) is 32.0 Å². The molecule has 0 saturated carbocycles. The Balaban J connectivity index is 3.45. The molecule has 0 aliphatic rings. The molecule has 0 aromatic rings. The molecule has 0 saturated heterocycles. The molecule has 0 aromatic heterocycles. The summed E-state index contributed by atoms with van der Waals surface area (Å²) in [6, 6.07) is 0. The van der Waals surface area contributed by atoms with Crippen molar-refractivity contribution in [2.45, 2.75) is 6.92 Å². The number of likely N-dealkylation sites (N-methyl/N-ethyl adjacent to an activating group) is 1. The molecule has 0 heterocycles. The highest BCUT2D eigenvalue weighted by atomic mass is 32.1. The van der Waals surface area contributed by atoms with Crippen LogP contribution in [0, 0.1) is 0 Å². The van der Waals surface area contributed by atoms with Gasteiger partial charge in [-0.1, -0.05) is 19.1 Å². The SMILES string of the molecule is CCN(CC=CCS)CCOC. The molecule has 0 aromatic carbocycles. The first-order valence-electron chi connectivity index (χ1n) is 4.32. The van der Waals surface area contributed by atoms with E-state index in [2.05, 4.69) is 36.6 Å². The normalized spacial score (nSPS) is 11.7. The Hall–Kier alpha value is 0.01000. The van der Waals surface area contributed by atoms with E-state index >= 15 is 0 Å². The Labute approximate surface area is 81.0 Å². The maximum Gasteiger partial charge on any atom is 0.0589 e. The minimum absolute atomic E-state index is 0.808. The van der Waals surface area contributed by atoms with Gasteiger partial charge in [0.15, 0.2) is 0 Å². The van der Waals surface area contributed by atoms with Gasteiger partial charge in [0.05, 0.1) is 6.61 Å². The van der Waals surface area contributed by atoms with Gasteiger partial charge in [0.25, 0.3) is 0 Å². The molecule has 0 amide bonds. The second-order valence-corrected chi connectivity index (χ2v) is 2.91. The molecule has 0 unspecified atom stereocenters. The average Bonchev–Trinajstić information content (AvgIpc) is 2.11. The summed E-state index contributed by atoms with van der Waals surface area (Å²) in [4.78, 5) is 2.32. The van der Waals surface area contributed by atoms with E-state index in [9.17, 15) is 0 Å². The molecule has 0 aliphatic heterocycles. The molecule has 3 heteroatoms. The molecule has 0 spiro atoms. The van der Waals surface area contributed by atoms with Gasteiger partial charge < -0.3 is 4.74 Å².